The second-order valence-corrected chi connectivity index (χ2v) is 6.63. The molecule has 0 atom stereocenters. The summed E-state index contributed by atoms with van der Waals surface area (Å²) in [5, 5.41) is 2.99. The predicted molar refractivity (Wildman–Crippen MR) is 76.6 cm³/mol. The van der Waals surface area contributed by atoms with E-state index in [1.165, 1.54) is 0 Å². The Hall–Kier alpha value is -0.730. The monoisotopic (exact) mass is 254 g/mol. The van der Waals surface area contributed by atoms with Gasteiger partial charge in [-0.05, 0) is 43.9 Å². The third kappa shape index (κ3) is 3.18. The molecule has 0 aromatic heterocycles. The Morgan fingerprint density at radius 1 is 1.00 bits per heavy atom. The van der Waals surface area contributed by atoms with Crippen molar-refractivity contribution in [2.75, 3.05) is 13.1 Å². The molecule has 2 amide bonds. The second kappa shape index (κ2) is 5.94. The van der Waals surface area contributed by atoms with Crippen LogP contribution in [0, 0.1) is 17.3 Å². The van der Waals surface area contributed by atoms with Gasteiger partial charge in [0.15, 0.2) is 0 Å². The van der Waals surface area contributed by atoms with Gasteiger partial charge in [-0.25, -0.2) is 4.79 Å². The van der Waals surface area contributed by atoms with Gasteiger partial charge in [0.25, 0.3) is 0 Å². The van der Waals surface area contributed by atoms with Crippen LogP contribution in [0.3, 0.4) is 0 Å². The average Bonchev–Trinajstić information content (AvgIpc) is 2.27. The van der Waals surface area contributed by atoms with Gasteiger partial charge in [0.05, 0.1) is 0 Å². The summed E-state index contributed by atoms with van der Waals surface area (Å²) in [6.07, 6.45) is 2.27. The zero-order valence-electron chi connectivity index (χ0n) is 12.9. The maximum atomic E-state index is 12.0. The van der Waals surface area contributed by atoms with Crippen LogP contribution in [0.4, 0.5) is 4.79 Å². The Bertz CT molecular complexity index is 266. The lowest BCUT2D eigenvalue weighted by atomic mass is 9.63. The second-order valence-electron chi connectivity index (χ2n) is 6.63. The Morgan fingerprint density at radius 3 is 1.78 bits per heavy atom. The molecule has 0 aromatic rings. The van der Waals surface area contributed by atoms with Crippen molar-refractivity contribution in [3.8, 4) is 0 Å². The van der Waals surface area contributed by atoms with Crippen molar-refractivity contribution in [2.24, 2.45) is 17.3 Å². The normalized spacial score (nSPS) is 19.7. The minimum absolute atomic E-state index is 0.103. The number of urea groups is 1. The molecule has 0 aliphatic carbocycles. The highest BCUT2D eigenvalue weighted by Crippen LogP contribution is 2.44. The maximum Gasteiger partial charge on any atom is 0.317 e. The summed E-state index contributed by atoms with van der Waals surface area (Å²) >= 11 is 0. The third-order valence-corrected chi connectivity index (χ3v) is 4.69. The van der Waals surface area contributed by atoms with Crippen molar-refractivity contribution in [3.05, 3.63) is 0 Å². The van der Waals surface area contributed by atoms with E-state index in [0.717, 1.165) is 25.9 Å². The van der Waals surface area contributed by atoms with E-state index < -0.39 is 0 Å². The fourth-order valence-corrected chi connectivity index (χ4v) is 3.29. The van der Waals surface area contributed by atoms with Crippen LogP contribution in [0.15, 0.2) is 0 Å². The molecule has 3 heteroatoms. The highest BCUT2D eigenvalue weighted by Gasteiger charge is 2.40. The molecule has 1 fully saturated rings. The fourth-order valence-electron chi connectivity index (χ4n) is 3.29. The molecule has 0 unspecified atom stereocenters. The summed E-state index contributed by atoms with van der Waals surface area (Å²) in [4.78, 5) is 13.9. The van der Waals surface area contributed by atoms with Crippen LogP contribution >= 0.6 is 0 Å². The molecule has 1 heterocycles. The number of likely N-dealkylation sites (tertiary alicyclic amines) is 1. The molecule has 0 saturated carbocycles. The summed E-state index contributed by atoms with van der Waals surface area (Å²) in [5.41, 5.74) is 0.411. The summed E-state index contributed by atoms with van der Waals surface area (Å²) in [6, 6.07) is 0.325. The van der Waals surface area contributed by atoms with Gasteiger partial charge in [0.1, 0.15) is 0 Å². The number of rotatable bonds is 3. The Labute approximate surface area is 112 Å². The molecule has 0 spiro atoms. The summed E-state index contributed by atoms with van der Waals surface area (Å²) in [6.45, 7) is 15.1. The van der Waals surface area contributed by atoms with E-state index in [9.17, 15) is 4.79 Å². The van der Waals surface area contributed by atoms with E-state index >= 15 is 0 Å². The lowest BCUT2D eigenvalue weighted by Crippen LogP contribution is -2.51. The Kier molecular flexibility index (Phi) is 5.06. The van der Waals surface area contributed by atoms with Crippen LogP contribution in [0.1, 0.15) is 54.4 Å². The lowest BCUT2D eigenvalue weighted by Gasteiger charge is -2.47. The quantitative estimate of drug-likeness (QED) is 0.821. The predicted octanol–water partition coefficient (Wildman–Crippen LogP) is 3.50. The van der Waals surface area contributed by atoms with Gasteiger partial charge in [-0.15, -0.1) is 0 Å². The largest absolute Gasteiger partial charge is 0.336 e. The summed E-state index contributed by atoms with van der Waals surface area (Å²) < 4.78 is 0. The number of carbonyl (C=O) groups excluding carboxylic acids is 1. The van der Waals surface area contributed by atoms with Crippen LogP contribution in [0.25, 0.3) is 0 Å². The minimum Gasteiger partial charge on any atom is -0.336 e. The van der Waals surface area contributed by atoms with Crippen LogP contribution in [0.5, 0.6) is 0 Å². The van der Waals surface area contributed by atoms with Gasteiger partial charge >= 0.3 is 6.03 Å². The first-order chi connectivity index (χ1) is 8.29. The lowest BCUT2D eigenvalue weighted by molar-refractivity contribution is 0.0311. The Balaban J connectivity index is 2.61. The number of nitrogens with zero attached hydrogens (tertiary/aromatic N) is 1. The van der Waals surface area contributed by atoms with Crippen LogP contribution in [-0.2, 0) is 0 Å². The van der Waals surface area contributed by atoms with Crippen molar-refractivity contribution in [1.29, 1.82) is 0 Å². The van der Waals surface area contributed by atoms with Crippen molar-refractivity contribution >= 4 is 6.03 Å². The standard InChI is InChI=1S/C15H30N2O/c1-11(2)15(12(3)4)7-9-17(10-8-15)14(18)16-13(5)6/h11-13H,7-10H2,1-6H3,(H,16,18). The van der Waals surface area contributed by atoms with E-state index in [1.54, 1.807) is 0 Å². The van der Waals surface area contributed by atoms with Gasteiger partial charge in [-0.3, -0.25) is 0 Å². The zero-order chi connectivity index (χ0) is 13.9. The number of amides is 2. The van der Waals surface area contributed by atoms with E-state index in [-0.39, 0.29) is 12.1 Å². The van der Waals surface area contributed by atoms with Crippen LogP contribution in [0.2, 0.25) is 0 Å². The number of piperidine rings is 1. The molecule has 1 rings (SSSR count). The summed E-state index contributed by atoms with van der Waals surface area (Å²) in [7, 11) is 0. The molecule has 1 saturated heterocycles. The molecule has 18 heavy (non-hydrogen) atoms. The van der Waals surface area contributed by atoms with Crippen LogP contribution in [-0.4, -0.2) is 30.1 Å². The van der Waals surface area contributed by atoms with Gasteiger partial charge in [-0.2, -0.15) is 0 Å². The fraction of sp³-hybridized carbons (Fsp3) is 0.933. The van der Waals surface area contributed by atoms with Crippen LogP contribution < -0.4 is 5.32 Å². The molecule has 1 aliphatic rings. The zero-order valence-corrected chi connectivity index (χ0v) is 12.9. The highest BCUT2D eigenvalue weighted by molar-refractivity contribution is 5.74. The summed E-state index contributed by atoms with van der Waals surface area (Å²) in [5.74, 6) is 1.38. The molecule has 1 N–H and O–H groups in total. The number of carbonyl (C=O) groups is 1. The molecule has 0 aromatic carbocycles. The number of nitrogens with one attached hydrogen (secondary N) is 1. The van der Waals surface area contributed by atoms with E-state index in [1.807, 2.05) is 18.7 Å². The van der Waals surface area contributed by atoms with Gasteiger partial charge in [-0.1, -0.05) is 27.7 Å². The molecule has 3 nitrogen and oxygen atoms in total. The van der Waals surface area contributed by atoms with E-state index in [2.05, 4.69) is 33.0 Å². The minimum atomic E-state index is 0.103. The van der Waals surface area contributed by atoms with Gasteiger partial charge in [0.2, 0.25) is 0 Å². The molecule has 1 aliphatic heterocycles. The highest BCUT2D eigenvalue weighted by atomic mass is 16.2. The number of hydrogen-bond donors (Lipinski definition) is 1. The first-order valence-electron chi connectivity index (χ1n) is 7.35. The topological polar surface area (TPSA) is 32.3 Å². The average molecular weight is 254 g/mol. The molecular formula is C15H30N2O. The molecule has 106 valence electrons. The van der Waals surface area contributed by atoms with Gasteiger partial charge < -0.3 is 10.2 Å². The third-order valence-electron chi connectivity index (χ3n) is 4.69. The van der Waals surface area contributed by atoms with Crippen molar-refractivity contribution in [1.82, 2.24) is 10.2 Å². The molecule has 0 radical (unpaired) electrons. The maximum absolute atomic E-state index is 12.0. The van der Waals surface area contributed by atoms with Crippen molar-refractivity contribution in [2.45, 2.75) is 60.4 Å². The SMILES string of the molecule is CC(C)NC(=O)N1CCC(C(C)C)(C(C)C)CC1. The Morgan fingerprint density at radius 2 is 1.44 bits per heavy atom. The van der Waals surface area contributed by atoms with E-state index in [0.29, 0.717) is 17.3 Å². The molecule has 0 bridgehead atoms. The van der Waals surface area contributed by atoms with Crippen molar-refractivity contribution < 1.29 is 4.79 Å². The molecular weight excluding hydrogens is 224 g/mol. The first kappa shape index (κ1) is 15.3. The van der Waals surface area contributed by atoms with Crippen molar-refractivity contribution in [3.63, 3.8) is 0 Å². The number of hydrogen-bond acceptors (Lipinski definition) is 1. The smallest absolute Gasteiger partial charge is 0.317 e. The van der Waals surface area contributed by atoms with Gasteiger partial charge in [0, 0.05) is 19.1 Å². The first-order valence-corrected chi connectivity index (χ1v) is 7.35. The van der Waals surface area contributed by atoms with E-state index in [4.69, 9.17) is 0 Å².